The quantitative estimate of drug-likeness (QED) is 0.426. The van der Waals surface area contributed by atoms with Crippen molar-refractivity contribution in [2.24, 2.45) is 0 Å². The van der Waals surface area contributed by atoms with Gasteiger partial charge in [0.2, 0.25) is 0 Å². The van der Waals surface area contributed by atoms with Crippen molar-refractivity contribution in [1.29, 1.82) is 0 Å². The molecular weight excluding hydrogens is 470 g/mol. The van der Waals surface area contributed by atoms with Crippen LogP contribution in [0, 0.1) is 12.3 Å². The van der Waals surface area contributed by atoms with Gasteiger partial charge in [0.1, 0.15) is 35.9 Å². The van der Waals surface area contributed by atoms with Crippen LogP contribution in [0.4, 0.5) is 4.39 Å². The molecule has 0 bridgehead atoms. The second kappa shape index (κ2) is 8.17. The molecule has 3 aliphatic rings. The number of phosphoric acid groups is 1. The highest BCUT2D eigenvalue weighted by atomic mass is 35.5. The van der Waals surface area contributed by atoms with E-state index in [2.05, 4.69) is 11.9 Å². The molecule has 5 atom stereocenters. The zero-order chi connectivity index (χ0) is 26.0. The molecule has 1 amide bonds. The topological polar surface area (TPSA) is 127 Å². The van der Waals surface area contributed by atoms with Crippen molar-refractivity contribution in [3.8, 4) is 18.1 Å². The number of hydrogen-bond acceptors (Lipinski definition) is 9. The van der Waals surface area contributed by atoms with E-state index in [4.69, 9.17) is 40.4 Å². The molecular formula is C19H17ClFN2O8P. The molecule has 3 aliphatic heterocycles. The Morgan fingerprint density at radius 3 is 3.06 bits per heavy atom. The summed E-state index contributed by atoms with van der Waals surface area (Å²) in [4.78, 5) is 12.4. The van der Waals surface area contributed by atoms with Crippen LogP contribution in [0.2, 0.25) is 5.02 Å². The SMILES string of the molecule is [2H]C([2H])(OP1(=O)OCc2cc(Cl)ccc2O1)[C@@]1(F)O[C@@]([2H])(N2C=C(C#C)C(=O)NC2=C)[C@H](O)[C@@H]1O. The molecule has 0 radical (unpaired) electrons. The summed E-state index contributed by atoms with van der Waals surface area (Å²) in [6.07, 6.45) is -2.22. The second-order valence-electron chi connectivity index (χ2n) is 6.69. The predicted molar refractivity (Wildman–Crippen MR) is 107 cm³/mol. The fraction of sp³-hybridized carbons (Fsp3) is 0.316. The first-order valence-electron chi connectivity index (χ1n) is 10.3. The van der Waals surface area contributed by atoms with E-state index in [0.29, 0.717) is 15.5 Å². The standard InChI is InChI=1S/C19H17ClFN2O8P/c1-3-11-7-23(10(2)22-17(11)26)18-15(24)16(25)19(21,30-18)9-29-32(27)28-8-12-6-13(20)4-5-14(12)31-32/h1,4-7,15-16,18,24-25H,2,8-9H2,(H,22,26)/t15-,16+,18-,19-,32?/m1/s1/i9D2,18D. The van der Waals surface area contributed by atoms with Crippen LogP contribution in [-0.2, 0) is 29.8 Å². The number of phosphoric ester groups is 1. The Hall–Kier alpha value is -2.42. The summed E-state index contributed by atoms with van der Waals surface area (Å²) in [6.45, 7) is -0.771. The van der Waals surface area contributed by atoms with Crippen molar-refractivity contribution in [2.45, 2.75) is 30.9 Å². The Labute approximate surface area is 191 Å². The average molecular weight is 490 g/mol. The highest BCUT2D eigenvalue weighted by molar-refractivity contribution is 7.49. The minimum atomic E-state index is -4.85. The number of halogens is 2. The van der Waals surface area contributed by atoms with Gasteiger partial charge in [0.05, 0.1) is 10.7 Å². The van der Waals surface area contributed by atoms with Crippen molar-refractivity contribution >= 4 is 25.3 Å². The first-order valence-corrected chi connectivity index (χ1v) is 10.7. The number of nitrogens with zero attached hydrogens (tertiary/aromatic N) is 1. The zero-order valence-corrected chi connectivity index (χ0v) is 17.6. The molecule has 13 heteroatoms. The van der Waals surface area contributed by atoms with Gasteiger partial charge in [0.15, 0.2) is 6.20 Å². The number of ether oxygens (including phenoxy) is 1. The van der Waals surface area contributed by atoms with E-state index < -0.39 is 57.0 Å². The number of rotatable bonds is 4. The molecule has 10 nitrogen and oxygen atoms in total. The summed E-state index contributed by atoms with van der Waals surface area (Å²) in [7, 11) is -4.85. The number of amides is 1. The lowest BCUT2D eigenvalue weighted by atomic mass is 10.1. The molecule has 1 aromatic carbocycles. The number of aliphatic hydroxyl groups excluding tert-OH is 2. The van der Waals surface area contributed by atoms with Crippen LogP contribution in [0.3, 0.4) is 0 Å². The predicted octanol–water partition coefficient (Wildman–Crippen LogP) is 1.54. The van der Waals surface area contributed by atoms with E-state index in [1.165, 1.54) is 18.2 Å². The molecule has 1 saturated heterocycles. The van der Waals surface area contributed by atoms with Gasteiger partial charge in [0.25, 0.3) is 11.8 Å². The Balaban J connectivity index is 1.64. The molecule has 4 rings (SSSR count). The molecule has 0 spiro atoms. The highest BCUT2D eigenvalue weighted by Crippen LogP contribution is 2.55. The monoisotopic (exact) mass is 489 g/mol. The first-order chi connectivity index (χ1) is 16.2. The lowest BCUT2D eigenvalue weighted by Crippen LogP contribution is -2.47. The van der Waals surface area contributed by atoms with Crippen LogP contribution < -0.4 is 9.84 Å². The minimum Gasteiger partial charge on any atom is -0.404 e. The second-order valence-corrected chi connectivity index (χ2v) is 8.64. The van der Waals surface area contributed by atoms with Crippen molar-refractivity contribution < 1.29 is 46.4 Å². The van der Waals surface area contributed by atoms with Crippen LogP contribution in [0.25, 0.3) is 0 Å². The van der Waals surface area contributed by atoms with Gasteiger partial charge >= 0.3 is 7.82 Å². The van der Waals surface area contributed by atoms with E-state index in [1.807, 2.05) is 5.92 Å². The van der Waals surface area contributed by atoms with Gasteiger partial charge in [-0.05, 0) is 18.2 Å². The summed E-state index contributed by atoms with van der Waals surface area (Å²) in [5.41, 5.74) is -0.0141. The zero-order valence-electron chi connectivity index (χ0n) is 18.9. The fourth-order valence-electron chi connectivity index (χ4n) is 2.92. The van der Waals surface area contributed by atoms with Crippen molar-refractivity contribution in [2.75, 3.05) is 6.56 Å². The largest absolute Gasteiger partial charge is 0.530 e. The molecule has 1 aromatic rings. The lowest BCUT2D eigenvalue weighted by molar-refractivity contribution is -0.208. The molecule has 1 unspecified atom stereocenters. The number of benzene rings is 1. The molecule has 170 valence electrons. The van der Waals surface area contributed by atoms with E-state index in [-0.39, 0.29) is 11.3 Å². The molecule has 0 aliphatic carbocycles. The molecule has 3 heterocycles. The third-order valence-corrected chi connectivity index (χ3v) is 5.95. The van der Waals surface area contributed by atoms with Gasteiger partial charge in [0, 0.05) is 16.8 Å². The third-order valence-electron chi connectivity index (χ3n) is 4.54. The van der Waals surface area contributed by atoms with Gasteiger partial charge in [-0.15, -0.1) is 6.42 Å². The third kappa shape index (κ3) is 4.02. The van der Waals surface area contributed by atoms with E-state index in [1.54, 1.807) is 0 Å². The minimum absolute atomic E-state index is 0.0391. The maximum absolute atomic E-state index is 15.9. The van der Waals surface area contributed by atoms with Crippen LogP contribution in [-0.4, -0.2) is 51.8 Å². The van der Waals surface area contributed by atoms with Crippen LogP contribution in [0.1, 0.15) is 9.68 Å². The molecule has 3 N–H and O–H groups in total. The van der Waals surface area contributed by atoms with Crippen molar-refractivity contribution in [3.05, 3.63) is 53.0 Å². The number of aliphatic hydroxyl groups is 2. The van der Waals surface area contributed by atoms with Gasteiger partial charge < -0.3 is 29.7 Å². The Bertz CT molecular complexity index is 1240. The lowest BCUT2D eigenvalue weighted by Gasteiger charge is -2.33. The van der Waals surface area contributed by atoms with Crippen LogP contribution >= 0.6 is 19.4 Å². The Morgan fingerprint density at radius 2 is 2.34 bits per heavy atom. The molecule has 0 aromatic heterocycles. The Kier molecular flexibility index (Phi) is 4.87. The van der Waals surface area contributed by atoms with E-state index in [9.17, 15) is 19.6 Å². The first kappa shape index (κ1) is 19.1. The number of carbonyl (C=O) groups excluding carboxylic acids is 1. The maximum atomic E-state index is 15.9. The number of fused-ring (bicyclic) bond motifs is 1. The van der Waals surface area contributed by atoms with Gasteiger partial charge in [-0.25, -0.2) is 8.96 Å². The molecule has 32 heavy (non-hydrogen) atoms. The Morgan fingerprint density at radius 1 is 1.59 bits per heavy atom. The van der Waals surface area contributed by atoms with Gasteiger partial charge in [-0.1, -0.05) is 24.1 Å². The maximum Gasteiger partial charge on any atom is 0.530 e. The van der Waals surface area contributed by atoms with Crippen LogP contribution in [0.15, 0.2) is 42.4 Å². The fourth-order valence-corrected chi connectivity index (χ4v) is 4.21. The van der Waals surface area contributed by atoms with E-state index >= 15 is 4.39 Å². The normalized spacial score (nSPS) is 38.4. The molecule has 0 saturated carbocycles. The summed E-state index contributed by atoms with van der Waals surface area (Å²) in [5.74, 6) is -3.23. The summed E-state index contributed by atoms with van der Waals surface area (Å²) in [6, 6.07) is 4.13. The van der Waals surface area contributed by atoms with Crippen molar-refractivity contribution in [1.82, 2.24) is 10.2 Å². The average Bonchev–Trinajstić information content (AvgIpc) is 2.95. The summed E-state index contributed by atoms with van der Waals surface area (Å²) in [5, 5.41) is 23.4. The summed E-state index contributed by atoms with van der Waals surface area (Å²) >= 11 is 5.86. The number of nitrogens with one attached hydrogen (secondary N) is 1. The van der Waals surface area contributed by atoms with Gasteiger partial charge in [-0.3, -0.25) is 13.8 Å². The van der Waals surface area contributed by atoms with Crippen LogP contribution in [0.5, 0.6) is 5.75 Å². The smallest absolute Gasteiger partial charge is 0.404 e. The van der Waals surface area contributed by atoms with E-state index in [0.717, 1.165) is 6.20 Å². The van der Waals surface area contributed by atoms with Crippen molar-refractivity contribution in [3.63, 3.8) is 0 Å². The highest BCUT2D eigenvalue weighted by Gasteiger charge is 2.58. The van der Waals surface area contributed by atoms with Gasteiger partial charge in [-0.2, -0.15) is 0 Å². The number of carbonyl (C=O) groups is 1. The molecule has 1 fully saturated rings. The summed E-state index contributed by atoms with van der Waals surface area (Å²) < 4.78 is 73.1. The number of alkyl halides is 1. The number of terminal acetylenes is 1. The number of hydrogen-bond donors (Lipinski definition) is 3.